The first-order valence-corrected chi connectivity index (χ1v) is 5.29. The van der Waals surface area contributed by atoms with Crippen molar-refractivity contribution in [1.82, 2.24) is 0 Å². The third kappa shape index (κ3) is 0.999. The predicted octanol–water partition coefficient (Wildman–Crippen LogP) is 1.93. The molecule has 0 N–H and O–H groups in total. The molecule has 0 radical (unpaired) electrons. The highest BCUT2D eigenvalue weighted by Gasteiger charge is 2.49. The minimum atomic E-state index is -0.160. The highest BCUT2D eigenvalue weighted by Crippen LogP contribution is 2.53. The summed E-state index contributed by atoms with van der Waals surface area (Å²) in [6.45, 7) is 1.49. The van der Waals surface area contributed by atoms with Gasteiger partial charge in [0.15, 0.2) is 0 Å². The minimum absolute atomic E-state index is 0.0393. The molecule has 2 unspecified atom stereocenters. The quantitative estimate of drug-likeness (QED) is 0.466. The molecule has 1 fully saturated rings. The second kappa shape index (κ2) is 2.72. The van der Waals surface area contributed by atoms with Crippen molar-refractivity contribution < 1.29 is 9.53 Å². The van der Waals surface area contributed by atoms with Crippen LogP contribution in [0.2, 0.25) is 0 Å². The van der Waals surface area contributed by atoms with E-state index in [0.717, 1.165) is 0 Å². The maximum atomic E-state index is 10.9. The number of carbonyl (C=O) groups excluding carboxylic acids is 1. The first kappa shape index (κ1) is 8.27. The van der Waals surface area contributed by atoms with Crippen molar-refractivity contribution in [1.29, 1.82) is 0 Å². The molecule has 14 heavy (non-hydrogen) atoms. The first-order chi connectivity index (χ1) is 6.75. The molecular weight excluding hydrogens is 176 g/mol. The van der Waals surface area contributed by atoms with Crippen molar-refractivity contribution in [2.24, 2.45) is 23.7 Å². The Morgan fingerprint density at radius 2 is 2.00 bits per heavy atom. The van der Waals surface area contributed by atoms with E-state index in [1.54, 1.807) is 0 Å². The normalized spacial score (nSPS) is 47.1. The highest BCUT2D eigenvalue weighted by molar-refractivity contribution is 5.66. The van der Waals surface area contributed by atoms with E-state index in [2.05, 4.69) is 24.3 Å². The Balaban J connectivity index is 1.82. The molecule has 1 saturated carbocycles. The summed E-state index contributed by atoms with van der Waals surface area (Å²) in [5.41, 5.74) is 0. The van der Waals surface area contributed by atoms with Gasteiger partial charge in [-0.05, 0) is 30.3 Å². The lowest BCUT2D eigenvalue weighted by Crippen LogP contribution is -2.27. The number of fused-ring (bicyclic) bond motifs is 5. The Morgan fingerprint density at radius 3 is 2.79 bits per heavy atom. The van der Waals surface area contributed by atoms with Crippen LogP contribution in [0.15, 0.2) is 24.3 Å². The van der Waals surface area contributed by atoms with Crippen molar-refractivity contribution in [3.63, 3.8) is 0 Å². The molecule has 2 heteroatoms. The fourth-order valence-electron chi connectivity index (χ4n) is 3.31. The van der Waals surface area contributed by atoms with Crippen molar-refractivity contribution in [3.8, 4) is 0 Å². The zero-order valence-corrected chi connectivity index (χ0v) is 8.22. The fraction of sp³-hybridized carbons (Fsp3) is 0.583. The van der Waals surface area contributed by atoms with Gasteiger partial charge in [0.1, 0.15) is 6.10 Å². The van der Waals surface area contributed by atoms with Crippen LogP contribution in [0.1, 0.15) is 13.3 Å². The summed E-state index contributed by atoms with van der Waals surface area (Å²) in [6.07, 6.45) is 10.2. The summed E-state index contributed by atoms with van der Waals surface area (Å²) >= 11 is 0. The van der Waals surface area contributed by atoms with Gasteiger partial charge in [-0.3, -0.25) is 4.79 Å². The molecule has 5 atom stereocenters. The molecule has 0 spiro atoms. The summed E-state index contributed by atoms with van der Waals surface area (Å²) < 4.78 is 5.32. The maximum Gasteiger partial charge on any atom is 0.303 e. The van der Waals surface area contributed by atoms with E-state index >= 15 is 0 Å². The Morgan fingerprint density at radius 1 is 1.21 bits per heavy atom. The molecule has 0 aromatic heterocycles. The van der Waals surface area contributed by atoms with Crippen LogP contribution in [-0.4, -0.2) is 12.1 Å². The van der Waals surface area contributed by atoms with E-state index < -0.39 is 0 Å². The number of hydrogen-bond acceptors (Lipinski definition) is 2. The lowest BCUT2D eigenvalue weighted by molar-refractivity contribution is -0.146. The van der Waals surface area contributed by atoms with Crippen LogP contribution in [0.4, 0.5) is 0 Å². The van der Waals surface area contributed by atoms with Crippen LogP contribution in [0.3, 0.4) is 0 Å². The Kier molecular flexibility index (Phi) is 1.61. The summed E-state index contributed by atoms with van der Waals surface area (Å²) in [7, 11) is 0. The van der Waals surface area contributed by atoms with Crippen LogP contribution in [0.25, 0.3) is 0 Å². The van der Waals surface area contributed by atoms with Gasteiger partial charge in [0.2, 0.25) is 0 Å². The Bertz CT molecular complexity index is 329. The van der Waals surface area contributed by atoms with Gasteiger partial charge in [0.25, 0.3) is 0 Å². The lowest BCUT2D eigenvalue weighted by Gasteiger charge is -2.25. The molecule has 74 valence electrons. The number of allylic oxidation sites excluding steroid dienone is 3. The largest absolute Gasteiger partial charge is 0.458 e. The summed E-state index contributed by atoms with van der Waals surface area (Å²) in [5.74, 6) is 2.36. The van der Waals surface area contributed by atoms with E-state index in [4.69, 9.17) is 4.74 Å². The summed E-state index contributed by atoms with van der Waals surface area (Å²) in [4.78, 5) is 10.9. The van der Waals surface area contributed by atoms with Gasteiger partial charge in [-0.25, -0.2) is 0 Å². The van der Waals surface area contributed by atoms with E-state index in [1.165, 1.54) is 13.3 Å². The molecule has 0 saturated heterocycles. The van der Waals surface area contributed by atoms with Gasteiger partial charge in [-0.2, -0.15) is 0 Å². The van der Waals surface area contributed by atoms with Crippen LogP contribution >= 0.6 is 0 Å². The maximum absolute atomic E-state index is 10.9. The van der Waals surface area contributed by atoms with Crippen molar-refractivity contribution in [2.45, 2.75) is 19.4 Å². The molecule has 0 heterocycles. The van der Waals surface area contributed by atoms with Crippen LogP contribution < -0.4 is 0 Å². The van der Waals surface area contributed by atoms with E-state index in [0.29, 0.717) is 23.7 Å². The van der Waals surface area contributed by atoms with Crippen molar-refractivity contribution >= 4 is 5.97 Å². The number of carbonyl (C=O) groups is 1. The number of rotatable bonds is 1. The van der Waals surface area contributed by atoms with Gasteiger partial charge < -0.3 is 4.74 Å². The second-order valence-corrected chi connectivity index (χ2v) is 4.56. The monoisotopic (exact) mass is 190 g/mol. The van der Waals surface area contributed by atoms with E-state index in [1.807, 2.05) is 0 Å². The molecular formula is C12H14O2. The molecule has 3 rings (SSSR count). The third-order valence-electron chi connectivity index (χ3n) is 3.79. The second-order valence-electron chi connectivity index (χ2n) is 4.56. The minimum Gasteiger partial charge on any atom is -0.458 e. The molecule has 2 nitrogen and oxygen atoms in total. The van der Waals surface area contributed by atoms with Crippen molar-refractivity contribution in [3.05, 3.63) is 24.3 Å². The van der Waals surface area contributed by atoms with Crippen LogP contribution in [0, 0.1) is 23.7 Å². The molecule has 0 aliphatic heterocycles. The van der Waals surface area contributed by atoms with Crippen molar-refractivity contribution in [2.75, 3.05) is 0 Å². The van der Waals surface area contributed by atoms with Gasteiger partial charge >= 0.3 is 5.97 Å². The van der Waals surface area contributed by atoms with E-state index in [9.17, 15) is 4.79 Å². The molecule has 0 aromatic rings. The molecule has 3 aliphatic rings. The zero-order valence-electron chi connectivity index (χ0n) is 8.22. The van der Waals surface area contributed by atoms with Gasteiger partial charge in [-0.1, -0.05) is 18.2 Å². The summed E-state index contributed by atoms with van der Waals surface area (Å²) in [5, 5.41) is 0. The average Bonchev–Trinajstić information content (AvgIpc) is 2.74. The van der Waals surface area contributed by atoms with Gasteiger partial charge in [0, 0.05) is 12.8 Å². The summed E-state index contributed by atoms with van der Waals surface area (Å²) in [6, 6.07) is 0. The Labute approximate surface area is 83.6 Å². The third-order valence-corrected chi connectivity index (χ3v) is 3.79. The average molecular weight is 190 g/mol. The van der Waals surface area contributed by atoms with E-state index in [-0.39, 0.29) is 12.1 Å². The number of ether oxygens (including phenoxy) is 1. The lowest BCUT2D eigenvalue weighted by atomic mass is 9.84. The fourth-order valence-corrected chi connectivity index (χ4v) is 3.31. The predicted molar refractivity (Wildman–Crippen MR) is 52.4 cm³/mol. The van der Waals surface area contributed by atoms with Crippen LogP contribution in [0.5, 0.6) is 0 Å². The highest BCUT2D eigenvalue weighted by atomic mass is 16.5. The van der Waals surface area contributed by atoms with Gasteiger partial charge in [-0.15, -0.1) is 0 Å². The first-order valence-electron chi connectivity index (χ1n) is 5.29. The Hall–Kier alpha value is -1.05. The molecule has 3 aliphatic carbocycles. The molecule has 0 amide bonds. The number of esters is 1. The standard InChI is InChI=1S/C12H14O2/c1-7(13)14-11-5-4-10-8-2-3-9(6-8)12(10)11/h2-5,8-12H,6H2,1H3/t8-,9+,10?,11+,12?/m0/s1. The SMILES string of the molecule is CC(=O)O[C@@H]1C=CC2C1[C@@H]1C=C[C@H]2C1. The smallest absolute Gasteiger partial charge is 0.303 e. The zero-order chi connectivity index (χ0) is 9.71. The van der Waals surface area contributed by atoms with Crippen LogP contribution in [-0.2, 0) is 9.53 Å². The molecule has 2 bridgehead atoms. The molecule has 0 aromatic carbocycles. The van der Waals surface area contributed by atoms with Gasteiger partial charge in [0.05, 0.1) is 0 Å². The number of hydrogen-bond donors (Lipinski definition) is 0. The topological polar surface area (TPSA) is 26.3 Å².